The Bertz CT molecular complexity index is 588. The van der Waals surface area contributed by atoms with E-state index in [2.05, 4.69) is 4.72 Å². The zero-order valence-electron chi connectivity index (χ0n) is 11.5. The van der Waals surface area contributed by atoms with Crippen molar-refractivity contribution in [3.63, 3.8) is 0 Å². The van der Waals surface area contributed by atoms with Crippen molar-refractivity contribution in [3.05, 3.63) is 29.8 Å². The lowest BCUT2D eigenvalue weighted by Crippen LogP contribution is -2.42. The fraction of sp³-hybridized carbons (Fsp3) is 0.500. The fourth-order valence-corrected chi connectivity index (χ4v) is 3.30. The number of aliphatic carboxylic acids is 1. The van der Waals surface area contributed by atoms with Gasteiger partial charge in [0.25, 0.3) is 0 Å². The van der Waals surface area contributed by atoms with Gasteiger partial charge in [-0.2, -0.15) is 4.72 Å². The number of carboxylic acids is 1. The number of carboxylic acid groups (broad SMARTS) is 1. The second kappa shape index (κ2) is 5.54. The molecule has 0 bridgehead atoms. The number of hydrogen-bond acceptors (Lipinski definition) is 3. The number of hydrogen-bond donors (Lipinski definition) is 2. The Labute approximate surface area is 119 Å². The quantitative estimate of drug-likeness (QED) is 0.840. The molecule has 0 amide bonds. The van der Waals surface area contributed by atoms with E-state index in [4.69, 9.17) is 5.11 Å². The molecule has 0 saturated heterocycles. The van der Waals surface area contributed by atoms with Crippen molar-refractivity contribution in [2.24, 2.45) is 5.92 Å². The summed E-state index contributed by atoms with van der Waals surface area (Å²) in [5, 5.41) is 9.08. The maximum absolute atomic E-state index is 12.2. The first-order chi connectivity index (χ1) is 9.31. The minimum Gasteiger partial charge on any atom is -0.480 e. The topological polar surface area (TPSA) is 83.5 Å². The van der Waals surface area contributed by atoms with E-state index in [0.717, 1.165) is 18.4 Å². The Morgan fingerprint density at radius 2 is 1.80 bits per heavy atom. The van der Waals surface area contributed by atoms with Gasteiger partial charge in [0.05, 0.1) is 4.90 Å². The van der Waals surface area contributed by atoms with E-state index in [1.165, 1.54) is 12.1 Å². The standard InChI is InChI=1S/C14H19NO4S/c1-9(2)10-5-7-12(8-6-10)20(18,19)15-13(14(16)17)11-3-4-11/h5-9,11,13,15H,3-4H2,1-2H3,(H,16,17). The Morgan fingerprint density at radius 1 is 1.25 bits per heavy atom. The molecule has 1 aromatic carbocycles. The Hall–Kier alpha value is -1.40. The van der Waals surface area contributed by atoms with Crippen LogP contribution in [0.4, 0.5) is 0 Å². The van der Waals surface area contributed by atoms with Gasteiger partial charge in [0.1, 0.15) is 6.04 Å². The molecule has 1 unspecified atom stereocenters. The van der Waals surface area contributed by atoms with Gasteiger partial charge in [0.2, 0.25) is 10.0 Å². The molecule has 0 aromatic heterocycles. The molecule has 6 heteroatoms. The second-order valence-corrected chi connectivity index (χ2v) is 7.21. The Balaban J connectivity index is 2.19. The number of benzene rings is 1. The van der Waals surface area contributed by atoms with Crippen LogP contribution in [0.15, 0.2) is 29.2 Å². The molecule has 0 radical (unpaired) electrons. The lowest BCUT2D eigenvalue weighted by Gasteiger charge is -2.14. The van der Waals surface area contributed by atoms with Gasteiger partial charge in [0, 0.05) is 0 Å². The van der Waals surface area contributed by atoms with Gasteiger partial charge >= 0.3 is 5.97 Å². The SMILES string of the molecule is CC(C)c1ccc(S(=O)(=O)NC(C(=O)O)C2CC2)cc1. The van der Waals surface area contributed by atoms with Gasteiger partial charge in [0.15, 0.2) is 0 Å². The maximum Gasteiger partial charge on any atom is 0.322 e. The molecule has 1 atom stereocenters. The average Bonchev–Trinajstić information content (AvgIpc) is 3.20. The molecule has 0 heterocycles. The highest BCUT2D eigenvalue weighted by Gasteiger charge is 2.39. The lowest BCUT2D eigenvalue weighted by molar-refractivity contribution is -0.139. The van der Waals surface area contributed by atoms with Gasteiger partial charge in [-0.15, -0.1) is 0 Å². The van der Waals surface area contributed by atoms with Crippen molar-refractivity contribution in [3.8, 4) is 0 Å². The summed E-state index contributed by atoms with van der Waals surface area (Å²) in [6.07, 6.45) is 1.51. The summed E-state index contributed by atoms with van der Waals surface area (Å²) < 4.78 is 26.7. The van der Waals surface area contributed by atoms with Crippen LogP contribution in [0.5, 0.6) is 0 Å². The summed E-state index contributed by atoms with van der Waals surface area (Å²) in [5.41, 5.74) is 1.04. The highest BCUT2D eigenvalue weighted by Crippen LogP contribution is 2.33. The van der Waals surface area contributed by atoms with Crippen molar-refractivity contribution < 1.29 is 18.3 Å². The molecule has 1 aromatic rings. The van der Waals surface area contributed by atoms with E-state index in [9.17, 15) is 13.2 Å². The summed E-state index contributed by atoms with van der Waals surface area (Å²) in [6, 6.07) is 5.52. The summed E-state index contributed by atoms with van der Waals surface area (Å²) in [5.74, 6) is -0.884. The lowest BCUT2D eigenvalue weighted by atomic mass is 10.0. The molecular weight excluding hydrogens is 278 g/mol. The highest BCUT2D eigenvalue weighted by atomic mass is 32.2. The Morgan fingerprint density at radius 3 is 2.20 bits per heavy atom. The van der Waals surface area contributed by atoms with Crippen molar-refractivity contribution >= 4 is 16.0 Å². The highest BCUT2D eigenvalue weighted by molar-refractivity contribution is 7.89. The van der Waals surface area contributed by atoms with Crippen LogP contribution < -0.4 is 4.72 Å². The molecule has 20 heavy (non-hydrogen) atoms. The summed E-state index contributed by atoms with van der Waals surface area (Å²) in [6.45, 7) is 4.05. The zero-order chi connectivity index (χ0) is 14.9. The fourth-order valence-electron chi connectivity index (χ4n) is 2.04. The third-order valence-electron chi connectivity index (χ3n) is 3.50. The van der Waals surface area contributed by atoms with Crippen molar-refractivity contribution in [1.82, 2.24) is 4.72 Å². The van der Waals surface area contributed by atoms with E-state index in [1.807, 2.05) is 13.8 Å². The molecule has 1 aliphatic rings. The molecule has 5 nitrogen and oxygen atoms in total. The van der Waals surface area contributed by atoms with Crippen LogP contribution in [0.3, 0.4) is 0 Å². The first kappa shape index (κ1) is 15.0. The monoisotopic (exact) mass is 297 g/mol. The summed E-state index contributed by atoms with van der Waals surface area (Å²) >= 11 is 0. The van der Waals surface area contributed by atoms with Gasteiger partial charge in [-0.3, -0.25) is 4.79 Å². The molecule has 0 aliphatic heterocycles. The predicted octanol–water partition coefficient (Wildman–Crippen LogP) is 1.95. The molecular formula is C14H19NO4S. The molecule has 0 spiro atoms. The van der Waals surface area contributed by atoms with Gasteiger partial charge in [-0.1, -0.05) is 26.0 Å². The maximum atomic E-state index is 12.2. The first-order valence-electron chi connectivity index (χ1n) is 6.66. The third kappa shape index (κ3) is 3.37. The number of nitrogens with one attached hydrogen (secondary N) is 1. The molecule has 110 valence electrons. The van der Waals surface area contributed by atoms with E-state index in [-0.39, 0.29) is 10.8 Å². The van der Waals surface area contributed by atoms with Crippen molar-refractivity contribution in [2.45, 2.75) is 43.5 Å². The number of rotatable bonds is 6. The second-order valence-electron chi connectivity index (χ2n) is 5.50. The molecule has 2 rings (SSSR count). The number of sulfonamides is 1. The molecule has 1 aliphatic carbocycles. The van der Waals surface area contributed by atoms with E-state index >= 15 is 0 Å². The van der Waals surface area contributed by atoms with Gasteiger partial charge in [-0.25, -0.2) is 8.42 Å². The third-order valence-corrected chi connectivity index (χ3v) is 4.96. The van der Waals surface area contributed by atoms with E-state index < -0.39 is 22.0 Å². The minimum atomic E-state index is -3.78. The predicted molar refractivity (Wildman–Crippen MR) is 75.0 cm³/mol. The average molecular weight is 297 g/mol. The largest absolute Gasteiger partial charge is 0.480 e. The normalized spacial score (nSPS) is 17.1. The summed E-state index contributed by atoms with van der Waals surface area (Å²) in [7, 11) is -3.78. The first-order valence-corrected chi connectivity index (χ1v) is 8.14. The smallest absolute Gasteiger partial charge is 0.322 e. The number of carbonyl (C=O) groups is 1. The van der Waals surface area contributed by atoms with E-state index in [1.54, 1.807) is 12.1 Å². The summed E-state index contributed by atoms with van der Waals surface area (Å²) in [4.78, 5) is 11.2. The van der Waals surface area contributed by atoms with Crippen LogP contribution in [0.2, 0.25) is 0 Å². The zero-order valence-corrected chi connectivity index (χ0v) is 12.4. The van der Waals surface area contributed by atoms with Gasteiger partial charge in [-0.05, 0) is 42.4 Å². The molecule has 2 N–H and O–H groups in total. The van der Waals surface area contributed by atoms with E-state index in [0.29, 0.717) is 5.92 Å². The van der Waals surface area contributed by atoms with Crippen LogP contribution in [0.25, 0.3) is 0 Å². The van der Waals surface area contributed by atoms with Crippen LogP contribution in [-0.2, 0) is 14.8 Å². The van der Waals surface area contributed by atoms with Crippen LogP contribution in [0.1, 0.15) is 38.2 Å². The minimum absolute atomic E-state index is 0.0859. The van der Waals surface area contributed by atoms with Crippen LogP contribution in [-0.4, -0.2) is 25.5 Å². The molecule has 1 fully saturated rings. The van der Waals surface area contributed by atoms with Crippen molar-refractivity contribution in [1.29, 1.82) is 0 Å². The van der Waals surface area contributed by atoms with Crippen LogP contribution >= 0.6 is 0 Å². The Kier molecular flexibility index (Phi) is 4.15. The van der Waals surface area contributed by atoms with Crippen molar-refractivity contribution in [2.75, 3.05) is 0 Å². The van der Waals surface area contributed by atoms with Crippen LogP contribution in [0, 0.1) is 5.92 Å². The van der Waals surface area contributed by atoms with Gasteiger partial charge < -0.3 is 5.11 Å². The molecule has 1 saturated carbocycles.